The van der Waals surface area contributed by atoms with Crippen molar-refractivity contribution in [3.63, 3.8) is 0 Å². The number of rotatable bonds is 0. The summed E-state index contributed by atoms with van der Waals surface area (Å²) in [7, 11) is 0. The fraction of sp³-hybridized carbons (Fsp3) is 0.875. The molecule has 2 atom stereocenters. The summed E-state index contributed by atoms with van der Waals surface area (Å²) in [6, 6.07) is 0. The maximum absolute atomic E-state index is 11.9. The molecule has 2 rings (SSSR count). The fourth-order valence-corrected chi connectivity index (χ4v) is 2.95. The summed E-state index contributed by atoms with van der Waals surface area (Å²) >= 11 is 0. The number of fused-ring (bicyclic) bond motifs is 2. The van der Waals surface area contributed by atoms with Crippen LogP contribution in [0.15, 0.2) is 5.16 Å². The second-order valence-electron chi connectivity index (χ2n) is 6.41. The normalized spacial score (nSPS) is 33.0. The van der Waals surface area contributed by atoms with Gasteiger partial charge in [0.1, 0.15) is 0 Å². The molecule has 0 amide bonds. The average molecular weight is 297 g/mol. The zero-order chi connectivity index (χ0) is 15.1. The molecule has 5 nitrogen and oxygen atoms in total. The molecule has 2 aliphatic rings. The topological polar surface area (TPSA) is 68.1 Å². The highest BCUT2D eigenvalue weighted by atomic mass is 16.7. The minimum Gasteiger partial charge on any atom is -0.452 e. The first-order valence-electron chi connectivity index (χ1n) is 8.22. The molecule has 2 aliphatic heterocycles. The first kappa shape index (κ1) is 16.3. The molecule has 5 heteroatoms. The van der Waals surface area contributed by atoms with Gasteiger partial charge in [-0.3, -0.25) is 4.79 Å². The van der Waals surface area contributed by atoms with Crippen LogP contribution in [0, 0.1) is 0 Å². The number of nitrogens with zero attached hydrogens (tertiary/aromatic N) is 1. The Hall–Kier alpha value is -1.10. The van der Waals surface area contributed by atoms with Crippen molar-refractivity contribution < 1.29 is 19.5 Å². The number of carbonyl (C=O) groups excluding carboxylic acids is 1. The summed E-state index contributed by atoms with van der Waals surface area (Å²) in [6.45, 7) is 1.72. The van der Waals surface area contributed by atoms with Crippen LogP contribution in [0.25, 0.3) is 0 Å². The summed E-state index contributed by atoms with van der Waals surface area (Å²) in [5, 5.41) is 13.9. The number of oxime groups is 1. The minimum absolute atomic E-state index is 0.253. The van der Waals surface area contributed by atoms with Crippen LogP contribution in [0.3, 0.4) is 0 Å². The van der Waals surface area contributed by atoms with Gasteiger partial charge in [-0.2, -0.15) is 0 Å². The number of aliphatic hydroxyl groups excluding tert-OH is 1. The van der Waals surface area contributed by atoms with Crippen LogP contribution in [0.5, 0.6) is 0 Å². The van der Waals surface area contributed by atoms with Crippen molar-refractivity contribution in [3.8, 4) is 0 Å². The third-order valence-corrected chi connectivity index (χ3v) is 4.30. The van der Waals surface area contributed by atoms with Crippen LogP contribution in [0.4, 0.5) is 0 Å². The van der Waals surface area contributed by atoms with Gasteiger partial charge in [0.25, 0.3) is 6.29 Å². The molecule has 0 aromatic carbocycles. The Morgan fingerprint density at radius 3 is 2.29 bits per heavy atom. The first-order valence-corrected chi connectivity index (χ1v) is 8.22. The summed E-state index contributed by atoms with van der Waals surface area (Å²) in [5.41, 5.74) is -0.126. The van der Waals surface area contributed by atoms with Crippen LogP contribution < -0.4 is 0 Å². The van der Waals surface area contributed by atoms with Gasteiger partial charge in [0.05, 0.1) is 5.71 Å². The van der Waals surface area contributed by atoms with Crippen LogP contribution in [-0.2, 0) is 14.4 Å². The first-order chi connectivity index (χ1) is 10.1. The summed E-state index contributed by atoms with van der Waals surface area (Å²) in [5.74, 6) is -0.253. The molecule has 1 fully saturated rings. The van der Waals surface area contributed by atoms with E-state index in [0.717, 1.165) is 31.4 Å². The second-order valence-corrected chi connectivity index (χ2v) is 6.41. The molecule has 0 radical (unpaired) electrons. The highest BCUT2D eigenvalue weighted by Gasteiger charge is 2.43. The molecule has 0 spiro atoms. The smallest absolute Gasteiger partial charge is 0.306 e. The van der Waals surface area contributed by atoms with Crippen LogP contribution >= 0.6 is 0 Å². The minimum atomic E-state index is -1.18. The summed E-state index contributed by atoms with van der Waals surface area (Å²) in [6.07, 6.45) is 9.67. The van der Waals surface area contributed by atoms with E-state index in [1.165, 1.54) is 32.1 Å². The maximum Gasteiger partial charge on any atom is 0.306 e. The lowest BCUT2D eigenvalue weighted by molar-refractivity contribution is -0.230. The average Bonchev–Trinajstić information content (AvgIpc) is 2.44. The predicted octanol–water partition coefficient (Wildman–Crippen LogP) is 3.30. The number of aliphatic hydroxyl groups is 1. The van der Waals surface area contributed by atoms with Crippen LogP contribution in [0.2, 0.25) is 0 Å². The van der Waals surface area contributed by atoms with Gasteiger partial charge < -0.3 is 14.7 Å². The third kappa shape index (κ3) is 4.99. The maximum atomic E-state index is 11.9. The van der Waals surface area contributed by atoms with Crippen molar-refractivity contribution in [1.29, 1.82) is 0 Å². The van der Waals surface area contributed by atoms with Gasteiger partial charge in [0, 0.05) is 12.8 Å². The number of ether oxygens (including phenoxy) is 1. The Balaban J connectivity index is 1.99. The third-order valence-electron chi connectivity index (χ3n) is 4.30. The van der Waals surface area contributed by atoms with E-state index in [1.807, 2.05) is 0 Å². The molecule has 0 saturated carbocycles. The van der Waals surface area contributed by atoms with E-state index in [1.54, 1.807) is 6.92 Å². The molecule has 1 saturated heterocycles. The lowest BCUT2D eigenvalue weighted by atomic mass is 9.94. The summed E-state index contributed by atoms with van der Waals surface area (Å²) in [4.78, 5) is 17.0. The van der Waals surface area contributed by atoms with Crippen molar-refractivity contribution in [2.75, 3.05) is 0 Å². The van der Waals surface area contributed by atoms with Crippen molar-refractivity contribution in [2.45, 2.75) is 89.4 Å². The van der Waals surface area contributed by atoms with Gasteiger partial charge >= 0.3 is 5.97 Å². The molecule has 2 heterocycles. The van der Waals surface area contributed by atoms with Crippen molar-refractivity contribution in [2.24, 2.45) is 5.16 Å². The quantitative estimate of drug-likeness (QED) is 0.697. The number of carbonyl (C=O) groups is 1. The molecular formula is C16H27NO4. The second kappa shape index (κ2) is 7.78. The van der Waals surface area contributed by atoms with E-state index in [2.05, 4.69) is 5.16 Å². The Bertz CT molecular complexity index is 382. The SMILES string of the molecule is C[C@]12CC(=NO[C@@H]1O)CCCCCCCCCCC(=O)O2. The van der Waals surface area contributed by atoms with E-state index >= 15 is 0 Å². The Labute approximate surface area is 126 Å². The highest BCUT2D eigenvalue weighted by Crippen LogP contribution is 2.29. The molecule has 1 N–H and O–H groups in total. The Morgan fingerprint density at radius 1 is 1.05 bits per heavy atom. The molecule has 0 aromatic rings. The van der Waals surface area contributed by atoms with Gasteiger partial charge in [-0.1, -0.05) is 43.7 Å². The molecule has 120 valence electrons. The molecule has 0 aliphatic carbocycles. The molecule has 0 aromatic heterocycles. The van der Waals surface area contributed by atoms with Gasteiger partial charge in [-0.05, 0) is 26.2 Å². The van der Waals surface area contributed by atoms with Gasteiger partial charge in [0.2, 0.25) is 0 Å². The van der Waals surface area contributed by atoms with Crippen LogP contribution in [-0.4, -0.2) is 28.7 Å². The van der Waals surface area contributed by atoms with E-state index in [0.29, 0.717) is 12.8 Å². The fourth-order valence-electron chi connectivity index (χ4n) is 2.95. The molecular weight excluding hydrogens is 270 g/mol. The molecule has 2 bridgehead atoms. The summed E-state index contributed by atoms with van der Waals surface area (Å²) < 4.78 is 5.50. The van der Waals surface area contributed by atoms with Crippen molar-refractivity contribution in [3.05, 3.63) is 0 Å². The standard InChI is InChI=1S/C16H27NO4/c1-16-12-13(17-21-15(16)19)10-8-6-4-2-3-5-7-9-11-14(18)20-16/h15,19H,2-12H2,1H3/t15-,16-/m0/s1. The highest BCUT2D eigenvalue weighted by molar-refractivity contribution is 5.85. The Morgan fingerprint density at radius 2 is 1.62 bits per heavy atom. The van der Waals surface area contributed by atoms with E-state index in [4.69, 9.17) is 9.57 Å². The zero-order valence-electron chi connectivity index (χ0n) is 13.0. The lowest BCUT2D eigenvalue weighted by Crippen LogP contribution is -2.48. The monoisotopic (exact) mass is 297 g/mol. The predicted molar refractivity (Wildman–Crippen MR) is 79.8 cm³/mol. The van der Waals surface area contributed by atoms with E-state index < -0.39 is 11.9 Å². The van der Waals surface area contributed by atoms with Gasteiger partial charge in [-0.15, -0.1) is 0 Å². The number of hydrogen-bond acceptors (Lipinski definition) is 5. The largest absolute Gasteiger partial charge is 0.452 e. The molecule has 0 unspecified atom stereocenters. The molecule has 21 heavy (non-hydrogen) atoms. The van der Waals surface area contributed by atoms with Gasteiger partial charge in [0.15, 0.2) is 5.60 Å². The van der Waals surface area contributed by atoms with Gasteiger partial charge in [-0.25, -0.2) is 0 Å². The van der Waals surface area contributed by atoms with E-state index in [9.17, 15) is 9.90 Å². The van der Waals surface area contributed by atoms with Crippen molar-refractivity contribution in [1.82, 2.24) is 0 Å². The Kier molecular flexibility index (Phi) is 6.03. The lowest BCUT2D eigenvalue weighted by Gasteiger charge is -2.35. The zero-order valence-corrected chi connectivity index (χ0v) is 13.0. The van der Waals surface area contributed by atoms with Crippen molar-refractivity contribution >= 4 is 11.7 Å². The van der Waals surface area contributed by atoms with Crippen LogP contribution in [0.1, 0.15) is 77.6 Å². The number of esters is 1. The van der Waals surface area contributed by atoms with E-state index in [-0.39, 0.29) is 5.97 Å². The number of hydrogen-bond donors (Lipinski definition) is 1.